The molecular weight excluding hydrogens is 456 g/mol. The number of benzene rings is 2. The summed E-state index contributed by atoms with van der Waals surface area (Å²) in [5.41, 5.74) is 1.44. The van der Waals surface area contributed by atoms with Gasteiger partial charge in [-0.2, -0.15) is 0 Å². The highest BCUT2D eigenvalue weighted by molar-refractivity contribution is 8.01. The second-order valence-electron chi connectivity index (χ2n) is 6.21. The van der Waals surface area contributed by atoms with Crippen LogP contribution in [0.3, 0.4) is 0 Å². The van der Waals surface area contributed by atoms with Crippen molar-refractivity contribution in [1.29, 1.82) is 0 Å². The molecule has 2 amide bonds. The predicted octanol–water partition coefficient (Wildman–Crippen LogP) is 6.16. The summed E-state index contributed by atoms with van der Waals surface area (Å²) < 4.78 is 11.6. The van der Waals surface area contributed by atoms with Gasteiger partial charge in [-0.1, -0.05) is 34.7 Å². The first-order valence-electron chi connectivity index (χ1n) is 9.03. The van der Waals surface area contributed by atoms with Gasteiger partial charge in [0.15, 0.2) is 15.8 Å². The Morgan fingerprint density at radius 2 is 1.77 bits per heavy atom. The molecule has 0 aliphatic heterocycles. The summed E-state index contributed by atoms with van der Waals surface area (Å²) in [4.78, 5) is 22.0. The molecule has 7 nitrogen and oxygen atoms in total. The van der Waals surface area contributed by atoms with Gasteiger partial charge in [0.25, 0.3) is 0 Å². The molecular formula is C21H17ClN4O3S2. The Balaban J connectivity index is 1.49. The summed E-state index contributed by atoms with van der Waals surface area (Å²) >= 11 is 8.73. The van der Waals surface area contributed by atoms with E-state index < -0.39 is 0 Å². The van der Waals surface area contributed by atoms with E-state index in [0.29, 0.717) is 27.2 Å². The van der Waals surface area contributed by atoms with Gasteiger partial charge < -0.3 is 14.8 Å². The highest BCUT2D eigenvalue weighted by Crippen LogP contribution is 2.40. The zero-order valence-corrected chi connectivity index (χ0v) is 18.9. The lowest BCUT2D eigenvalue weighted by Gasteiger charge is -2.10. The molecule has 2 heterocycles. The van der Waals surface area contributed by atoms with Gasteiger partial charge in [-0.25, -0.2) is 9.78 Å². The van der Waals surface area contributed by atoms with Crippen LogP contribution in [0, 0.1) is 0 Å². The number of fused-ring (bicyclic) bond motifs is 1. The maximum Gasteiger partial charge on any atom is 0.324 e. The number of urea groups is 1. The summed E-state index contributed by atoms with van der Waals surface area (Å²) in [6.07, 6.45) is 3.37. The highest BCUT2D eigenvalue weighted by atomic mass is 35.5. The Hall–Kier alpha value is -3.01. The van der Waals surface area contributed by atoms with E-state index in [1.54, 1.807) is 50.9 Å². The van der Waals surface area contributed by atoms with Crippen LogP contribution in [0.1, 0.15) is 0 Å². The van der Waals surface area contributed by atoms with Crippen LogP contribution in [0.2, 0.25) is 5.02 Å². The topological polar surface area (TPSA) is 85.4 Å². The van der Waals surface area contributed by atoms with E-state index in [-0.39, 0.29) is 6.03 Å². The van der Waals surface area contributed by atoms with Crippen molar-refractivity contribution < 1.29 is 14.3 Å². The molecule has 2 aromatic heterocycles. The van der Waals surface area contributed by atoms with E-state index in [9.17, 15) is 4.79 Å². The number of ether oxygens (including phenoxy) is 2. The maximum absolute atomic E-state index is 12.2. The van der Waals surface area contributed by atoms with Crippen molar-refractivity contribution >= 4 is 62.3 Å². The third kappa shape index (κ3) is 5.01. The molecule has 4 rings (SSSR count). The van der Waals surface area contributed by atoms with Crippen LogP contribution in [0.15, 0.2) is 64.1 Å². The molecule has 31 heavy (non-hydrogen) atoms. The van der Waals surface area contributed by atoms with E-state index >= 15 is 0 Å². The molecule has 4 aromatic rings. The minimum absolute atomic E-state index is 0.353. The number of hydrogen-bond donors (Lipinski definition) is 2. The second-order valence-corrected chi connectivity index (χ2v) is 8.97. The quantitative estimate of drug-likeness (QED) is 0.349. The molecule has 158 valence electrons. The number of thiazole rings is 1. The third-order valence-electron chi connectivity index (χ3n) is 4.23. The number of carbonyl (C=O) groups is 1. The Bertz CT molecular complexity index is 1230. The Morgan fingerprint density at radius 1 is 1.03 bits per heavy atom. The van der Waals surface area contributed by atoms with Gasteiger partial charge in [-0.3, -0.25) is 10.3 Å². The van der Waals surface area contributed by atoms with Crippen molar-refractivity contribution in [1.82, 2.24) is 9.97 Å². The van der Waals surface area contributed by atoms with Crippen LogP contribution in [0.25, 0.3) is 10.9 Å². The molecule has 0 bridgehead atoms. The Kier molecular flexibility index (Phi) is 6.45. The molecule has 0 spiro atoms. The first-order valence-corrected chi connectivity index (χ1v) is 11.0. The van der Waals surface area contributed by atoms with Crippen molar-refractivity contribution in [2.24, 2.45) is 0 Å². The average molecular weight is 473 g/mol. The first-order chi connectivity index (χ1) is 15.1. The van der Waals surface area contributed by atoms with E-state index in [1.807, 2.05) is 18.2 Å². The summed E-state index contributed by atoms with van der Waals surface area (Å²) in [5, 5.41) is 7.71. The van der Waals surface area contributed by atoms with Gasteiger partial charge in [0.2, 0.25) is 0 Å². The smallest absolute Gasteiger partial charge is 0.324 e. The molecule has 0 aliphatic rings. The second kappa shape index (κ2) is 9.42. The number of rotatable bonds is 6. The first kappa shape index (κ1) is 21.2. The molecule has 0 fully saturated rings. The van der Waals surface area contributed by atoms with Crippen LogP contribution in [-0.4, -0.2) is 30.2 Å². The van der Waals surface area contributed by atoms with Crippen molar-refractivity contribution in [2.45, 2.75) is 9.24 Å². The monoisotopic (exact) mass is 472 g/mol. The minimum atomic E-state index is -0.353. The number of hydrogen-bond acceptors (Lipinski definition) is 7. The van der Waals surface area contributed by atoms with Gasteiger partial charge >= 0.3 is 6.03 Å². The number of aromatic nitrogens is 2. The molecule has 0 radical (unpaired) electrons. The van der Waals surface area contributed by atoms with Crippen LogP contribution >= 0.6 is 34.7 Å². The van der Waals surface area contributed by atoms with Crippen molar-refractivity contribution in [2.75, 3.05) is 24.9 Å². The highest BCUT2D eigenvalue weighted by Gasteiger charge is 2.13. The number of carbonyl (C=O) groups excluding carboxylic acids is 1. The van der Waals surface area contributed by atoms with Crippen molar-refractivity contribution in [3.05, 3.63) is 59.9 Å². The number of amides is 2. The molecule has 2 N–H and O–H groups in total. The molecule has 2 aromatic carbocycles. The lowest BCUT2D eigenvalue weighted by atomic mass is 10.2. The number of halogens is 1. The van der Waals surface area contributed by atoms with Crippen molar-refractivity contribution in [3.63, 3.8) is 0 Å². The van der Waals surface area contributed by atoms with Crippen LogP contribution in [-0.2, 0) is 0 Å². The Labute approximate surface area is 191 Å². The van der Waals surface area contributed by atoms with Crippen LogP contribution < -0.4 is 20.1 Å². The number of nitrogens with one attached hydrogen (secondary N) is 2. The molecule has 10 heteroatoms. The fourth-order valence-corrected chi connectivity index (χ4v) is 4.87. The molecule has 0 aliphatic carbocycles. The molecule has 0 saturated carbocycles. The average Bonchev–Trinajstić information content (AvgIpc) is 3.21. The summed E-state index contributed by atoms with van der Waals surface area (Å²) in [6.45, 7) is 0. The normalized spacial score (nSPS) is 10.7. The number of nitrogens with zero attached hydrogens (tertiary/aromatic N) is 2. The van der Waals surface area contributed by atoms with Crippen molar-refractivity contribution in [3.8, 4) is 11.5 Å². The van der Waals surface area contributed by atoms with Gasteiger partial charge in [-0.15, -0.1) is 0 Å². The fraction of sp³-hybridized carbons (Fsp3) is 0.0952. The zero-order chi connectivity index (χ0) is 21.8. The maximum atomic E-state index is 12.2. The minimum Gasteiger partial charge on any atom is -0.493 e. The number of pyridine rings is 1. The lowest BCUT2D eigenvalue weighted by Crippen LogP contribution is -2.18. The molecule has 0 unspecified atom stereocenters. The number of anilines is 2. The van der Waals surface area contributed by atoms with E-state index in [2.05, 4.69) is 20.6 Å². The van der Waals surface area contributed by atoms with Gasteiger partial charge in [0.1, 0.15) is 5.00 Å². The Morgan fingerprint density at radius 3 is 2.52 bits per heavy atom. The van der Waals surface area contributed by atoms with Gasteiger partial charge in [0.05, 0.1) is 25.9 Å². The van der Waals surface area contributed by atoms with E-state index in [0.717, 1.165) is 20.1 Å². The van der Waals surface area contributed by atoms with Crippen LogP contribution in [0.5, 0.6) is 11.5 Å². The van der Waals surface area contributed by atoms with Crippen LogP contribution in [0.4, 0.5) is 15.5 Å². The predicted molar refractivity (Wildman–Crippen MR) is 125 cm³/mol. The van der Waals surface area contributed by atoms with E-state index in [1.165, 1.54) is 23.1 Å². The lowest BCUT2D eigenvalue weighted by molar-refractivity contribution is 0.262. The summed E-state index contributed by atoms with van der Waals surface area (Å²) in [7, 11) is 3.19. The van der Waals surface area contributed by atoms with Gasteiger partial charge in [-0.05, 0) is 36.4 Å². The SMILES string of the molecule is COc1cc2nccc(Sc3ncc(NC(=O)Nc4ccc(Cl)cc4)s3)c2cc1OC. The molecule has 0 atom stereocenters. The standard InChI is InChI=1S/C21H17ClN4O3S2/c1-28-16-9-14-15(10-17(16)29-2)23-8-7-18(14)30-21-24-11-19(31-21)26-20(27)25-13-5-3-12(22)4-6-13/h3-11H,1-2H3,(H2,25,26,27). The zero-order valence-electron chi connectivity index (χ0n) is 16.5. The summed E-state index contributed by atoms with van der Waals surface area (Å²) in [5.74, 6) is 1.25. The molecule has 0 saturated heterocycles. The van der Waals surface area contributed by atoms with E-state index in [4.69, 9.17) is 21.1 Å². The fourth-order valence-electron chi connectivity index (χ4n) is 2.80. The largest absolute Gasteiger partial charge is 0.493 e. The third-order valence-corrected chi connectivity index (χ3v) is 6.54. The number of methoxy groups -OCH3 is 2. The van der Waals surface area contributed by atoms with Gasteiger partial charge in [0, 0.05) is 33.3 Å². The summed E-state index contributed by atoms with van der Waals surface area (Å²) in [6, 6.07) is 12.2.